The molecular formula is C11H16O3. The summed E-state index contributed by atoms with van der Waals surface area (Å²) in [4.78, 5) is 0. The van der Waals surface area contributed by atoms with Gasteiger partial charge in [0.1, 0.15) is 0 Å². The maximum atomic E-state index is 8.90. The quantitative estimate of drug-likeness (QED) is 0.684. The molecule has 0 aromatic heterocycles. The molecule has 1 aliphatic heterocycles. The highest BCUT2D eigenvalue weighted by molar-refractivity contribution is 5.18. The average Bonchev–Trinajstić information content (AvgIpc) is 2.25. The van der Waals surface area contributed by atoms with Crippen LogP contribution >= 0.6 is 0 Å². The van der Waals surface area contributed by atoms with Crippen LogP contribution in [-0.2, 0) is 9.47 Å². The third-order valence-electron chi connectivity index (χ3n) is 2.08. The van der Waals surface area contributed by atoms with Gasteiger partial charge in [-0.1, -0.05) is 5.92 Å². The zero-order chi connectivity index (χ0) is 10.2. The van der Waals surface area contributed by atoms with E-state index in [9.17, 15) is 0 Å². The van der Waals surface area contributed by atoms with Gasteiger partial charge in [0.05, 0.1) is 13.2 Å². The second kappa shape index (κ2) is 6.61. The molecule has 0 spiro atoms. The predicted molar refractivity (Wildman–Crippen MR) is 53.5 cm³/mol. The van der Waals surface area contributed by atoms with Crippen LogP contribution in [-0.4, -0.2) is 31.2 Å². The van der Waals surface area contributed by atoms with Gasteiger partial charge in [0.2, 0.25) is 0 Å². The minimum atomic E-state index is -0.128. The molecule has 0 amide bonds. The zero-order valence-electron chi connectivity index (χ0n) is 8.24. The lowest BCUT2D eigenvalue weighted by Gasteiger charge is -2.22. The molecule has 1 aliphatic rings. The van der Waals surface area contributed by atoms with Crippen LogP contribution in [0.5, 0.6) is 0 Å². The van der Waals surface area contributed by atoms with Crippen molar-refractivity contribution in [2.75, 3.05) is 19.8 Å². The highest BCUT2D eigenvalue weighted by Gasteiger charge is 2.13. The molecule has 1 saturated heterocycles. The summed E-state index contributed by atoms with van der Waals surface area (Å²) in [5.74, 6) is 2.36. The van der Waals surface area contributed by atoms with E-state index in [2.05, 4.69) is 5.92 Å². The molecule has 1 N–H and O–H groups in total. The smallest absolute Gasteiger partial charge is 0.158 e. The Labute approximate surface area is 84.7 Å². The normalized spacial score (nSPS) is 23.1. The van der Waals surface area contributed by atoms with Gasteiger partial charge in [0.15, 0.2) is 6.29 Å². The largest absolute Gasteiger partial charge is 0.392 e. The van der Waals surface area contributed by atoms with Gasteiger partial charge in [-0.25, -0.2) is 0 Å². The molecule has 1 atom stereocenters. The molecule has 1 rings (SSSR count). The molecule has 14 heavy (non-hydrogen) atoms. The Hall–Kier alpha value is -0.820. The number of rotatable bonds is 4. The fourth-order valence-corrected chi connectivity index (χ4v) is 1.29. The second-order valence-electron chi connectivity index (χ2n) is 3.23. The van der Waals surface area contributed by atoms with Crippen molar-refractivity contribution in [2.24, 2.45) is 0 Å². The molecule has 1 unspecified atom stereocenters. The number of hydrogen-bond donors (Lipinski definition) is 1. The topological polar surface area (TPSA) is 38.7 Å². The summed E-state index contributed by atoms with van der Waals surface area (Å²) in [6.07, 6.45) is 9.66. The van der Waals surface area contributed by atoms with E-state index in [-0.39, 0.29) is 12.9 Å². The number of ether oxygens (including phenoxy) is 2. The Bertz CT molecular complexity index is 221. The van der Waals surface area contributed by atoms with Crippen LogP contribution in [0.3, 0.4) is 0 Å². The van der Waals surface area contributed by atoms with Crippen LogP contribution in [0.4, 0.5) is 0 Å². The first-order valence-corrected chi connectivity index (χ1v) is 4.85. The lowest BCUT2D eigenvalue weighted by molar-refractivity contribution is -0.157. The Morgan fingerprint density at radius 1 is 1.64 bits per heavy atom. The summed E-state index contributed by atoms with van der Waals surface area (Å²) in [5, 5.41) is 8.90. The molecule has 1 fully saturated rings. The minimum Gasteiger partial charge on any atom is -0.392 e. The molecule has 0 radical (unpaired) electrons. The van der Waals surface area contributed by atoms with E-state index in [0.29, 0.717) is 12.2 Å². The number of hydrogen-bond acceptors (Lipinski definition) is 3. The van der Waals surface area contributed by atoms with Crippen LogP contribution < -0.4 is 0 Å². The molecular weight excluding hydrogens is 180 g/mol. The molecule has 0 aliphatic carbocycles. The minimum absolute atomic E-state index is 0.0586. The summed E-state index contributed by atoms with van der Waals surface area (Å²) < 4.78 is 10.8. The molecule has 0 saturated carbocycles. The third-order valence-corrected chi connectivity index (χ3v) is 2.08. The fourth-order valence-electron chi connectivity index (χ4n) is 1.29. The van der Waals surface area contributed by atoms with Crippen molar-refractivity contribution in [3.63, 3.8) is 0 Å². The zero-order valence-corrected chi connectivity index (χ0v) is 8.24. The molecule has 0 aromatic carbocycles. The summed E-state index contributed by atoms with van der Waals surface area (Å²) in [7, 11) is 0. The average molecular weight is 196 g/mol. The van der Waals surface area contributed by atoms with E-state index in [4.69, 9.17) is 21.0 Å². The van der Waals surface area contributed by atoms with Crippen molar-refractivity contribution >= 4 is 0 Å². The first-order chi connectivity index (χ1) is 6.86. The van der Waals surface area contributed by atoms with Crippen molar-refractivity contribution in [3.8, 4) is 12.3 Å². The van der Waals surface area contributed by atoms with Gasteiger partial charge < -0.3 is 14.6 Å². The first kappa shape index (κ1) is 11.3. The van der Waals surface area contributed by atoms with E-state index in [1.807, 2.05) is 0 Å². The molecule has 3 nitrogen and oxygen atoms in total. The third kappa shape index (κ3) is 3.93. The van der Waals surface area contributed by atoms with Crippen LogP contribution in [0.2, 0.25) is 0 Å². The summed E-state index contributed by atoms with van der Waals surface area (Å²) in [5.41, 5.74) is 0.710. The van der Waals surface area contributed by atoms with E-state index in [1.54, 1.807) is 0 Å². The Balaban J connectivity index is 2.24. The molecule has 0 aromatic rings. The Kier molecular flexibility index (Phi) is 5.31. The monoisotopic (exact) mass is 196 g/mol. The van der Waals surface area contributed by atoms with Gasteiger partial charge in [-0.05, 0) is 30.9 Å². The van der Waals surface area contributed by atoms with E-state index in [0.717, 1.165) is 25.9 Å². The number of allylic oxidation sites excluding steroid dienone is 1. The SMILES string of the molecule is C#C/C=C(\CO)COC1CCCCO1. The van der Waals surface area contributed by atoms with Gasteiger partial charge in [-0.2, -0.15) is 0 Å². The van der Waals surface area contributed by atoms with Crippen LogP contribution in [0.15, 0.2) is 11.6 Å². The second-order valence-corrected chi connectivity index (χ2v) is 3.23. The number of terminal acetylenes is 1. The summed E-state index contributed by atoms with van der Waals surface area (Å²) >= 11 is 0. The number of aliphatic hydroxyl groups is 1. The van der Waals surface area contributed by atoms with Gasteiger partial charge >= 0.3 is 0 Å². The fraction of sp³-hybridized carbons (Fsp3) is 0.636. The first-order valence-electron chi connectivity index (χ1n) is 4.85. The summed E-state index contributed by atoms with van der Waals surface area (Å²) in [6.45, 7) is 1.06. The standard InChI is InChI=1S/C11H16O3/c1-2-5-10(8-12)9-14-11-6-3-4-7-13-11/h1,5,11-12H,3-4,6-9H2/b10-5+. The van der Waals surface area contributed by atoms with E-state index in [1.165, 1.54) is 6.08 Å². The predicted octanol–water partition coefficient (Wildman–Crippen LogP) is 1.08. The molecule has 78 valence electrons. The lowest BCUT2D eigenvalue weighted by atomic mass is 10.2. The Morgan fingerprint density at radius 2 is 2.50 bits per heavy atom. The van der Waals surface area contributed by atoms with E-state index < -0.39 is 0 Å². The van der Waals surface area contributed by atoms with Crippen molar-refractivity contribution in [2.45, 2.75) is 25.6 Å². The van der Waals surface area contributed by atoms with Crippen molar-refractivity contribution in [1.29, 1.82) is 0 Å². The van der Waals surface area contributed by atoms with E-state index >= 15 is 0 Å². The van der Waals surface area contributed by atoms with Crippen molar-refractivity contribution in [3.05, 3.63) is 11.6 Å². The van der Waals surface area contributed by atoms with Crippen molar-refractivity contribution < 1.29 is 14.6 Å². The highest BCUT2D eigenvalue weighted by Crippen LogP contribution is 2.14. The van der Waals surface area contributed by atoms with Crippen LogP contribution in [0.25, 0.3) is 0 Å². The maximum Gasteiger partial charge on any atom is 0.158 e. The van der Waals surface area contributed by atoms with Crippen LogP contribution in [0, 0.1) is 12.3 Å². The molecule has 0 bridgehead atoms. The maximum absolute atomic E-state index is 8.90. The Morgan fingerprint density at radius 3 is 3.07 bits per heavy atom. The van der Waals surface area contributed by atoms with Gasteiger partial charge in [0.25, 0.3) is 0 Å². The van der Waals surface area contributed by atoms with Gasteiger partial charge in [0, 0.05) is 6.61 Å². The van der Waals surface area contributed by atoms with Gasteiger partial charge in [-0.15, -0.1) is 6.42 Å². The molecule has 3 heteroatoms. The van der Waals surface area contributed by atoms with Gasteiger partial charge in [-0.3, -0.25) is 0 Å². The molecule has 1 heterocycles. The number of aliphatic hydroxyl groups excluding tert-OH is 1. The van der Waals surface area contributed by atoms with Crippen LogP contribution in [0.1, 0.15) is 19.3 Å². The lowest BCUT2D eigenvalue weighted by Crippen LogP contribution is -2.23. The highest BCUT2D eigenvalue weighted by atomic mass is 16.7. The summed E-state index contributed by atoms with van der Waals surface area (Å²) in [6, 6.07) is 0. The van der Waals surface area contributed by atoms with Crippen molar-refractivity contribution in [1.82, 2.24) is 0 Å².